The summed E-state index contributed by atoms with van der Waals surface area (Å²) in [5.41, 5.74) is -0.367. The first kappa shape index (κ1) is 17.2. The number of alkyl halides is 2. The molecule has 0 unspecified atom stereocenters. The first-order valence-electron chi connectivity index (χ1n) is 7.05. The van der Waals surface area contributed by atoms with Gasteiger partial charge in [0.1, 0.15) is 17.1 Å². The molecule has 1 heterocycles. The van der Waals surface area contributed by atoms with E-state index < -0.39 is 12.1 Å². The SMILES string of the molecule is C=C/C=C/C(=N\C(=N)c1cccc(C(F)F)n1)Oc1ccccc1. The minimum Gasteiger partial charge on any atom is -0.439 e. The van der Waals surface area contributed by atoms with Crippen molar-refractivity contribution in [3.05, 3.63) is 84.7 Å². The van der Waals surface area contributed by atoms with E-state index in [0.717, 1.165) is 0 Å². The highest BCUT2D eigenvalue weighted by Gasteiger charge is 2.11. The molecule has 2 rings (SSSR count). The first-order chi connectivity index (χ1) is 11.6. The Balaban J connectivity index is 2.27. The second-order valence-electron chi connectivity index (χ2n) is 4.56. The third-order valence-corrected chi connectivity index (χ3v) is 2.80. The van der Waals surface area contributed by atoms with E-state index in [4.69, 9.17) is 10.1 Å². The molecular weight excluding hydrogens is 312 g/mol. The molecule has 1 aromatic heterocycles. The van der Waals surface area contributed by atoms with Gasteiger partial charge in [-0.05, 0) is 24.3 Å². The van der Waals surface area contributed by atoms with Crippen LogP contribution in [-0.4, -0.2) is 16.7 Å². The third-order valence-electron chi connectivity index (χ3n) is 2.80. The van der Waals surface area contributed by atoms with Crippen LogP contribution in [0.25, 0.3) is 0 Å². The van der Waals surface area contributed by atoms with E-state index in [-0.39, 0.29) is 17.4 Å². The van der Waals surface area contributed by atoms with Crippen LogP contribution in [-0.2, 0) is 0 Å². The highest BCUT2D eigenvalue weighted by atomic mass is 19.3. The van der Waals surface area contributed by atoms with E-state index in [1.165, 1.54) is 30.4 Å². The van der Waals surface area contributed by atoms with Crippen LogP contribution in [0.4, 0.5) is 8.78 Å². The number of aliphatic imine (C=N–C) groups is 1. The fraction of sp³-hybridized carbons (Fsp3) is 0.0556. The first-order valence-corrected chi connectivity index (χ1v) is 7.05. The van der Waals surface area contributed by atoms with Crippen molar-refractivity contribution >= 4 is 11.7 Å². The zero-order valence-electron chi connectivity index (χ0n) is 12.7. The highest BCUT2D eigenvalue weighted by Crippen LogP contribution is 2.16. The number of rotatable bonds is 5. The number of nitrogens with zero attached hydrogens (tertiary/aromatic N) is 2. The van der Waals surface area contributed by atoms with Gasteiger partial charge in [-0.15, -0.1) is 0 Å². The van der Waals surface area contributed by atoms with Gasteiger partial charge in [-0.1, -0.05) is 43.0 Å². The van der Waals surface area contributed by atoms with E-state index in [2.05, 4.69) is 16.6 Å². The zero-order valence-corrected chi connectivity index (χ0v) is 12.7. The summed E-state index contributed by atoms with van der Waals surface area (Å²) in [4.78, 5) is 7.75. The van der Waals surface area contributed by atoms with Gasteiger partial charge in [-0.2, -0.15) is 4.99 Å². The van der Waals surface area contributed by atoms with Crippen LogP contribution in [0.2, 0.25) is 0 Å². The van der Waals surface area contributed by atoms with Crippen molar-refractivity contribution in [3.8, 4) is 5.75 Å². The van der Waals surface area contributed by atoms with Gasteiger partial charge in [0.05, 0.1) is 0 Å². The Hall–Kier alpha value is -3.15. The molecule has 0 amide bonds. The molecule has 0 spiro atoms. The van der Waals surface area contributed by atoms with Crippen LogP contribution in [0.3, 0.4) is 0 Å². The number of allylic oxidation sites excluding steroid dienone is 2. The summed E-state index contributed by atoms with van der Waals surface area (Å²) in [6.07, 6.45) is 1.94. The standard InChI is InChI=1S/C18H15F2N3O/c1-2-3-12-16(24-13-8-5-4-6-9-13)23-18(21)15-11-7-10-14(22-15)17(19)20/h2-12,17,21H,1H2/b12-3+,21-18?,23-16+. The number of benzene rings is 1. The van der Waals surface area contributed by atoms with Crippen molar-refractivity contribution in [3.63, 3.8) is 0 Å². The van der Waals surface area contributed by atoms with Gasteiger partial charge in [-0.3, -0.25) is 5.41 Å². The molecule has 0 aliphatic rings. The number of pyridine rings is 1. The molecule has 0 saturated heterocycles. The monoisotopic (exact) mass is 327 g/mol. The molecule has 0 bridgehead atoms. The summed E-state index contributed by atoms with van der Waals surface area (Å²) in [7, 11) is 0. The molecule has 1 aromatic carbocycles. The van der Waals surface area contributed by atoms with Gasteiger partial charge in [0.15, 0.2) is 5.84 Å². The van der Waals surface area contributed by atoms with Crippen molar-refractivity contribution in [2.75, 3.05) is 0 Å². The summed E-state index contributed by atoms with van der Waals surface area (Å²) in [5, 5.41) is 7.96. The van der Waals surface area contributed by atoms with Gasteiger partial charge in [0.25, 0.3) is 6.43 Å². The van der Waals surface area contributed by atoms with E-state index >= 15 is 0 Å². The fourth-order valence-electron chi connectivity index (χ4n) is 1.73. The predicted molar refractivity (Wildman–Crippen MR) is 89.9 cm³/mol. The molecule has 4 nitrogen and oxygen atoms in total. The van der Waals surface area contributed by atoms with Crippen LogP contribution >= 0.6 is 0 Å². The number of para-hydroxylation sites is 1. The van der Waals surface area contributed by atoms with Gasteiger partial charge in [-0.25, -0.2) is 13.8 Å². The minimum absolute atomic E-state index is 0.0361. The van der Waals surface area contributed by atoms with Crippen LogP contribution in [0.15, 0.2) is 78.3 Å². The molecule has 0 aliphatic heterocycles. The summed E-state index contributed by atoms with van der Waals surface area (Å²) < 4.78 is 31.0. The van der Waals surface area contributed by atoms with Gasteiger partial charge in [0, 0.05) is 6.08 Å². The van der Waals surface area contributed by atoms with Crippen molar-refractivity contribution in [2.45, 2.75) is 6.43 Å². The second kappa shape index (κ2) is 8.47. The summed E-state index contributed by atoms with van der Waals surface area (Å²) >= 11 is 0. The normalized spacial score (nSPS) is 11.7. The molecule has 1 N–H and O–H groups in total. The van der Waals surface area contributed by atoms with Gasteiger partial charge in [0.2, 0.25) is 5.90 Å². The van der Waals surface area contributed by atoms with Crippen molar-refractivity contribution in [1.82, 2.24) is 4.98 Å². The minimum atomic E-state index is -2.71. The molecule has 6 heteroatoms. The Morgan fingerprint density at radius 1 is 1.17 bits per heavy atom. The number of hydrogen-bond acceptors (Lipinski definition) is 3. The van der Waals surface area contributed by atoms with E-state index in [1.807, 2.05) is 6.07 Å². The molecule has 0 fully saturated rings. The van der Waals surface area contributed by atoms with Crippen LogP contribution in [0, 0.1) is 5.41 Å². The predicted octanol–water partition coefficient (Wildman–Crippen LogP) is 4.56. The number of halogens is 2. The van der Waals surface area contributed by atoms with Gasteiger partial charge >= 0.3 is 0 Å². The Kier molecular flexibility index (Phi) is 6.08. The molecular formula is C18H15F2N3O. The Morgan fingerprint density at radius 3 is 2.58 bits per heavy atom. The van der Waals surface area contributed by atoms with E-state index in [9.17, 15) is 8.78 Å². The summed E-state index contributed by atoms with van der Waals surface area (Å²) in [6.45, 7) is 3.56. The van der Waals surface area contributed by atoms with Gasteiger partial charge < -0.3 is 4.74 Å². The average molecular weight is 327 g/mol. The van der Waals surface area contributed by atoms with Crippen molar-refractivity contribution in [1.29, 1.82) is 5.41 Å². The number of amidine groups is 1. The molecule has 0 radical (unpaired) electrons. The van der Waals surface area contributed by atoms with E-state index in [1.54, 1.807) is 30.3 Å². The molecule has 24 heavy (non-hydrogen) atoms. The number of hydrogen-bond donors (Lipinski definition) is 1. The molecule has 0 saturated carbocycles. The molecule has 0 atom stereocenters. The molecule has 0 aliphatic carbocycles. The van der Waals surface area contributed by atoms with Crippen LogP contribution in [0.5, 0.6) is 5.75 Å². The average Bonchev–Trinajstić information content (AvgIpc) is 2.60. The Bertz CT molecular complexity index is 771. The quantitative estimate of drug-likeness (QED) is 0.497. The summed E-state index contributed by atoms with van der Waals surface area (Å²) in [6, 6.07) is 12.9. The summed E-state index contributed by atoms with van der Waals surface area (Å²) in [5.74, 6) is 0.375. The maximum atomic E-state index is 12.7. The number of nitrogens with one attached hydrogen (secondary N) is 1. The lowest BCUT2D eigenvalue weighted by Crippen LogP contribution is -2.10. The van der Waals surface area contributed by atoms with Crippen LogP contribution < -0.4 is 4.74 Å². The maximum Gasteiger partial charge on any atom is 0.280 e. The molecule has 2 aromatic rings. The van der Waals surface area contributed by atoms with Crippen molar-refractivity contribution < 1.29 is 13.5 Å². The highest BCUT2D eigenvalue weighted by molar-refractivity contribution is 6.05. The lowest BCUT2D eigenvalue weighted by molar-refractivity contribution is 0.146. The van der Waals surface area contributed by atoms with Crippen molar-refractivity contribution in [2.24, 2.45) is 4.99 Å². The van der Waals surface area contributed by atoms with E-state index in [0.29, 0.717) is 5.75 Å². The topological polar surface area (TPSA) is 58.3 Å². The Morgan fingerprint density at radius 2 is 1.92 bits per heavy atom. The zero-order chi connectivity index (χ0) is 17.4. The lowest BCUT2D eigenvalue weighted by Gasteiger charge is -2.06. The lowest BCUT2D eigenvalue weighted by atomic mass is 10.3. The third kappa shape index (κ3) is 4.95. The molecule has 122 valence electrons. The maximum absolute atomic E-state index is 12.7. The number of aromatic nitrogens is 1. The largest absolute Gasteiger partial charge is 0.439 e. The van der Waals surface area contributed by atoms with Crippen LogP contribution in [0.1, 0.15) is 17.8 Å². The smallest absolute Gasteiger partial charge is 0.280 e. The fourth-order valence-corrected chi connectivity index (χ4v) is 1.73. The second-order valence-corrected chi connectivity index (χ2v) is 4.56. The Labute approximate surface area is 138 Å². The number of ether oxygens (including phenoxy) is 1.